The van der Waals surface area contributed by atoms with Crippen molar-refractivity contribution in [1.82, 2.24) is 0 Å². The minimum absolute atomic E-state index is 0.259. The maximum absolute atomic E-state index is 13.4. The molecule has 0 saturated heterocycles. The lowest BCUT2D eigenvalue weighted by molar-refractivity contribution is 0.0761. The summed E-state index contributed by atoms with van der Waals surface area (Å²) < 4.78 is 31.1. The van der Waals surface area contributed by atoms with Crippen LogP contribution >= 0.6 is 0 Å². The van der Waals surface area contributed by atoms with Crippen molar-refractivity contribution in [1.29, 1.82) is 0 Å². The van der Waals surface area contributed by atoms with E-state index in [9.17, 15) is 8.78 Å². The molecule has 0 saturated carbocycles. The third-order valence-corrected chi connectivity index (χ3v) is 2.43. The van der Waals surface area contributed by atoms with Crippen molar-refractivity contribution in [3.63, 3.8) is 0 Å². The van der Waals surface area contributed by atoms with Crippen LogP contribution in [0.15, 0.2) is 18.2 Å². The monoisotopic (exact) mass is 215 g/mol. The number of benzene rings is 1. The van der Waals surface area contributed by atoms with Gasteiger partial charge in [-0.15, -0.1) is 0 Å². The van der Waals surface area contributed by atoms with Gasteiger partial charge < -0.3 is 10.5 Å². The summed E-state index contributed by atoms with van der Waals surface area (Å²) in [5.74, 6) is -1.23. The Labute approximate surface area is 88.0 Å². The van der Waals surface area contributed by atoms with Crippen molar-refractivity contribution >= 4 is 0 Å². The highest BCUT2D eigenvalue weighted by molar-refractivity contribution is 5.22. The molecular weight excluding hydrogens is 200 g/mol. The lowest BCUT2D eigenvalue weighted by Gasteiger charge is -2.21. The number of halogens is 2. The molecule has 0 bridgehead atoms. The SMILES string of the molecule is CCC(OC)C(N)c1ccc(F)cc1F. The Hall–Kier alpha value is -1.00. The van der Waals surface area contributed by atoms with Crippen LogP contribution in [-0.2, 0) is 4.74 Å². The lowest BCUT2D eigenvalue weighted by atomic mass is 10.00. The molecule has 0 aromatic heterocycles. The average molecular weight is 215 g/mol. The van der Waals surface area contributed by atoms with E-state index in [0.29, 0.717) is 6.42 Å². The minimum Gasteiger partial charge on any atom is -0.379 e. The fourth-order valence-corrected chi connectivity index (χ4v) is 1.54. The second-order valence-electron chi connectivity index (χ2n) is 3.37. The molecule has 0 aliphatic heterocycles. The number of nitrogens with two attached hydrogens (primary N) is 1. The molecule has 1 aromatic rings. The summed E-state index contributed by atoms with van der Waals surface area (Å²) >= 11 is 0. The number of hydrogen-bond donors (Lipinski definition) is 1. The Morgan fingerprint density at radius 3 is 2.53 bits per heavy atom. The first kappa shape index (κ1) is 12.1. The van der Waals surface area contributed by atoms with E-state index in [1.165, 1.54) is 19.2 Å². The molecule has 0 spiro atoms. The number of ether oxygens (including phenoxy) is 1. The average Bonchev–Trinajstić information content (AvgIpc) is 2.19. The zero-order chi connectivity index (χ0) is 11.4. The molecular formula is C11H15F2NO. The van der Waals surface area contributed by atoms with Crippen molar-refractivity contribution in [2.24, 2.45) is 5.73 Å². The van der Waals surface area contributed by atoms with E-state index >= 15 is 0 Å². The topological polar surface area (TPSA) is 35.2 Å². The van der Waals surface area contributed by atoms with Crippen molar-refractivity contribution in [3.8, 4) is 0 Å². The van der Waals surface area contributed by atoms with E-state index in [0.717, 1.165) is 6.07 Å². The van der Waals surface area contributed by atoms with Gasteiger partial charge in [0.1, 0.15) is 11.6 Å². The van der Waals surface area contributed by atoms with Gasteiger partial charge in [0.2, 0.25) is 0 Å². The standard InChI is InChI=1S/C11H15F2NO/c1-3-10(15-2)11(14)8-5-4-7(12)6-9(8)13/h4-6,10-11H,3,14H2,1-2H3. The first-order chi connectivity index (χ1) is 7.10. The van der Waals surface area contributed by atoms with E-state index < -0.39 is 17.7 Å². The molecule has 2 unspecified atom stereocenters. The first-order valence-electron chi connectivity index (χ1n) is 4.83. The van der Waals surface area contributed by atoms with Crippen LogP contribution in [0.25, 0.3) is 0 Å². The Kier molecular flexibility index (Phi) is 4.17. The van der Waals surface area contributed by atoms with E-state index in [2.05, 4.69) is 0 Å². The molecule has 0 heterocycles. The van der Waals surface area contributed by atoms with Crippen LogP contribution in [-0.4, -0.2) is 13.2 Å². The van der Waals surface area contributed by atoms with E-state index in [1.54, 1.807) is 0 Å². The molecule has 0 amide bonds. The molecule has 0 radical (unpaired) electrons. The number of methoxy groups -OCH3 is 1. The van der Waals surface area contributed by atoms with Crippen LogP contribution in [0, 0.1) is 11.6 Å². The Balaban J connectivity index is 2.94. The third kappa shape index (κ3) is 2.73. The maximum atomic E-state index is 13.4. The Morgan fingerprint density at radius 2 is 2.07 bits per heavy atom. The fraction of sp³-hybridized carbons (Fsp3) is 0.455. The highest BCUT2D eigenvalue weighted by Gasteiger charge is 2.20. The Morgan fingerprint density at radius 1 is 1.40 bits per heavy atom. The summed E-state index contributed by atoms with van der Waals surface area (Å²) in [6.07, 6.45) is 0.416. The number of rotatable bonds is 4. The summed E-state index contributed by atoms with van der Waals surface area (Å²) in [5.41, 5.74) is 6.11. The minimum atomic E-state index is -0.627. The number of hydrogen-bond acceptors (Lipinski definition) is 2. The molecule has 2 nitrogen and oxygen atoms in total. The molecule has 0 fully saturated rings. The maximum Gasteiger partial charge on any atom is 0.130 e. The van der Waals surface area contributed by atoms with Crippen molar-refractivity contribution in [2.75, 3.05) is 7.11 Å². The van der Waals surface area contributed by atoms with Gasteiger partial charge in [0.05, 0.1) is 12.1 Å². The van der Waals surface area contributed by atoms with Crippen LogP contribution in [0.3, 0.4) is 0 Å². The van der Waals surface area contributed by atoms with Gasteiger partial charge in [-0.2, -0.15) is 0 Å². The van der Waals surface area contributed by atoms with E-state index in [-0.39, 0.29) is 11.7 Å². The quantitative estimate of drug-likeness (QED) is 0.837. The van der Waals surface area contributed by atoms with Crippen molar-refractivity contribution in [3.05, 3.63) is 35.4 Å². The lowest BCUT2D eigenvalue weighted by Crippen LogP contribution is -2.28. The van der Waals surface area contributed by atoms with Crippen molar-refractivity contribution in [2.45, 2.75) is 25.5 Å². The molecule has 4 heteroatoms. The highest BCUT2D eigenvalue weighted by atomic mass is 19.1. The normalized spacial score (nSPS) is 15.0. The van der Waals surface area contributed by atoms with Gasteiger partial charge in [0.25, 0.3) is 0 Å². The first-order valence-corrected chi connectivity index (χ1v) is 4.83. The zero-order valence-corrected chi connectivity index (χ0v) is 8.84. The summed E-state index contributed by atoms with van der Waals surface area (Å²) in [6, 6.07) is 2.82. The Bertz CT molecular complexity index is 326. The van der Waals surface area contributed by atoms with Gasteiger partial charge in [-0.05, 0) is 12.5 Å². The van der Waals surface area contributed by atoms with Gasteiger partial charge >= 0.3 is 0 Å². The third-order valence-electron chi connectivity index (χ3n) is 2.43. The molecule has 0 aliphatic rings. The van der Waals surface area contributed by atoms with Gasteiger partial charge in [-0.1, -0.05) is 13.0 Å². The van der Waals surface area contributed by atoms with Gasteiger partial charge in [-0.25, -0.2) is 8.78 Å². The summed E-state index contributed by atoms with van der Waals surface area (Å²) in [4.78, 5) is 0. The molecule has 0 aliphatic carbocycles. The van der Waals surface area contributed by atoms with Crippen LogP contribution in [0.4, 0.5) is 8.78 Å². The summed E-state index contributed by atoms with van der Waals surface area (Å²) in [6.45, 7) is 1.90. The molecule has 1 rings (SSSR count). The van der Waals surface area contributed by atoms with E-state index in [4.69, 9.17) is 10.5 Å². The van der Waals surface area contributed by atoms with Gasteiger partial charge in [0.15, 0.2) is 0 Å². The van der Waals surface area contributed by atoms with Crippen molar-refractivity contribution < 1.29 is 13.5 Å². The molecule has 2 atom stereocenters. The molecule has 15 heavy (non-hydrogen) atoms. The molecule has 84 valence electrons. The van der Waals surface area contributed by atoms with Crippen LogP contribution in [0.1, 0.15) is 24.9 Å². The second kappa shape index (κ2) is 5.19. The van der Waals surface area contributed by atoms with Crippen LogP contribution < -0.4 is 5.73 Å². The summed E-state index contributed by atoms with van der Waals surface area (Å²) in [5, 5.41) is 0. The van der Waals surface area contributed by atoms with Crippen LogP contribution in [0.5, 0.6) is 0 Å². The molecule has 1 aromatic carbocycles. The smallest absolute Gasteiger partial charge is 0.130 e. The van der Waals surface area contributed by atoms with Crippen LogP contribution in [0.2, 0.25) is 0 Å². The van der Waals surface area contributed by atoms with Gasteiger partial charge in [-0.3, -0.25) is 0 Å². The fourth-order valence-electron chi connectivity index (χ4n) is 1.54. The predicted molar refractivity (Wildman–Crippen MR) is 54.4 cm³/mol. The van der Waals surface area contributed by atoms with Gasteiger partial charge in [0, 0.05) is 18.7 Å². The van der Waals surface area contributed by atoms with E-state index in [1.807, 2.05) is 6.92 Å². The zero-order valence-electron chi connectivity index (χ0n) is 8.84. The predicted octanol–water partition coefficient (Wildman–Crippen LogP) is 2.39. The molecule has 2 N–H and O–H groups in total. The highest BCUT2D eigenvalue weighted by Crippen LogP contribution is 2.22. The second-order valence-corrected chi connectivity index (χ2v) is 3.37. The largest absolute Gasteiger partial charge is 0.379 e. The summed E-state index contributed by atoms with van der Waals surface area (Å²) in [7, 11) is 1.52.